The number of hydrogen-bond acceptors (Lipinski definition) is 4. The van der Waals surface area contributed by atoms with Crippen LogP contribution in [-0.2, 0) is 16.1 Å². The molecule has 0 spiro atoms. The molecule has 4 aromatic rings. The minimum Gasteiger partial charge on any atom is -0.402 e. The lowest BCUT2D eigenvalue weighted by atomic mass is 10.1. The smallest absolute Gasteiger partial charge is 0.363 e. The summed E-state index contributed by atoms with van der Waals surface area (Å²) in [6.45, 7) is 0.541. The van der Waals surface area contributed by atoms with E-state index < -0.39 is 5.97 Å². The number of hydrogen-bond donors (Lipinski definition) is 0. The van der Waals surface area contributed by atoms with Crippen LogP contribution in [0.25, 0.3) is 16.8 Å². The maximum atomic E-state index is 12.3. The molecule has 0 aliphatic carbocycles. The van der Waals surface area contributed by atoms with E-state index in [1.165, 1.54) is 0 Å². The first-order valence-electron chi connectivity index (χ1n) is 9.43. The van der Waals surface area contributed by atoms with Crippen molar-refractivity contribution in [3.05, 3.63) is 107 Å². The molecule has 0 saturated heterocycles. The quantitative estimate of drug-likeness (QED) is 0.346. The van der Waals surface area contributed by atoms with E-state index >= 15 is 0 Å². The molecule has 1 aliphatic heterocycles. The molecule has 0 N–H and O–H groups in total. The van der Waals surface area contributed by atoms with E-state index in [4.69, 9.17) is 16.3 Å². The first-order valence-corrected chi connectivity index (χ1v) is 9.81. The summed E-state index contributed by atoms with van der Waals surface area (Å²) >= 11 is 6.22. The van der Waals surface area contributed by atoms with Gasteiger partial charge in [0.25, 0.3) is 0 Å². The number of cyclic esters (lactones) is 1. The Morgan fingerprint density at radius 3 is 2.67 bits per heavy atom. The molecule has 0 bridgehead atoms. The number of aromatic nitrogens is 2. The lowest BCUT2D eigenvalue weighted by Gasteiger charge is -2.03. The van der Waals surface area contributed by atoms with Gasteiger partial charge in [-0.1, -0.05) is 60.1 Å². The first-order chi connectivity index (χ1) is 14.7. The largest absolute Gasteiger partial charge is 0.402 e. The van der Waals surface area contributed by atoms with Gasteiger partial charge in [-0.2, -0.15) is 5.10 Å². The van der Waals surface area contributed by atoms with E-state index in [0.717, 1.165) is 27.5 Å². The molecule has 0 unspecified atom stereocenters. The Morgan fingerprint density at radius 2 is 1.80 bits per heavy atom. The zero-order chi connectivity index (χ0) is 20.5. The Labute approximate surface area is 177 Å². The van der Waals surface area contributed by atoms with E-state index in [1.54, 1.807) is 17.0 Å². The molecule has 2 heterocycles. The average Bonchev–Trinajstić information content (AvgIpc) is 3.36. The van der Waals surface area contributed by atoms with Crippen molar-refractivity contribution in [3.63, 3.8) is 0 Å². The van der Waals surface area contributed by atoms with E-state index in [1.807, 2.05) is 72.9 Å². The zero-order valence-corrected chi connectivity index (χ0v) is 16.6. The minimum absolute atomic E-state index is 0.246. The fourth-order valence-corrected chi connectivity index (χ4v) is 3.55. The molecular formula is C24H16ClN3O2. The summed E-state index contributed by atoms with van der Waals surface area (Å²) in [5.74, 6) is -0.169. The number of ether oxygens (including phenoxy) is 1. The highest BCUT2D eigenvalue weighted by Crippen LogP contribution is 2.22. The van der Waals surface area contributed by atoms with Gasteiger partial charge in [0.1, 0.15) is 0 Å². The van der Waals surface area contributed by atoms with Gasteiger partial charge in [-0.15, -0.1) is 0 Å². The first kappa shape index (κ1) is 18.3. The SMILES string of the molecule is O=C1OC(c2ccc3ccccc3c2)=N/C1=C\c1cnn(Cc2ccccc2Cl)c1. The van der Waals surface area contributed by atoms with Crippen LogP contribution in [0.15, 0.2) is 89.8 Å². The summed E-state index contributed by atoms with van der Waals surface area (Å²) in [7, 11) is 0. The van der Waals surface area contributed by atoms with Crippen molar-refractivity contribution < 1.29 is 9.53 Å². The van der Waals surface area contributed by atoms with Gasteiger partial charge in [0.15, 0.2) is 5.70 Å². The number of fused-ring (bicyclic) bond motifs is 1. The summed E-state index contributed by atoms with van der Waals surface area (Å²) in [4.78, 5) is 16.7. The predicted octanol–water partition coefficient (Wildman–Crippen LogP) is 5.08. The molecule has 0 saturated carbocycles. The molecule has 5 rings (SSSR count). The summed E-state index contributed by atoms with van der Waals surface area (Å²) in [5, 5.41) is 7.22. The number of rotatable bonds is 4. The van der Waals surface area contributed by atoms with Crippen LogP contribution in [0.5, 0.6) is 0 Å². The van der Waals surface area contributed by atoms with Crippen molar-refractivity contribution in [2.45, 2.75) is 6.54 Å². The van der Waals surface area contributed by atoms with E-state index in [-0.39, 0.29) is 5.70 Å². The standard InChI is InChI=1S/C24H16ClN3O2/c25-21-8-4-3-7-20(21)15-28-14-16(13-26-28)11-22-24(29)30-23(27-22)19-10-9-17-5-1-2-6-18(17)12-19/h1-14H,15H2/b22-11-. The third kappa shape index (κ3) is 3.63. The lowest BCUT2D eigenvalue weighted by molar-refractivity contribution is -0.129. The van der Waals surface area contributed by atoms with Gasteiger partial charge >= 0.3 is 5.97 Å². The number of aliphatic imine (C=N–C) groups is 1. The summed E-state index contributed by atoms with van der Waals surface area (Å²) < 4.78 is 7.16. The van der Waals surface area contributed by atoms with Crippen LogP contribution in [0.4, 0.5) is 0 Å². The second-order valence-electron chi connectivity index (χ2n) is 6.96. The fraction of sp³-hybridized carbons (Fsp3) is 0.0417. The van der Waals surface area contributed by atoms with Gasteiger partial charge in [0, 0.05) is 22.3 Å². The molecule has 1 aliphatic rings. The number of esters is 1. The van der Waals surface area contributed by atoms with Crippen molar-refractivity contribution in [3.8, 4) is 0 Å². The van der Waals surface area contributed by atoms with Crippen molar-refractivity contribution >= 4 is 40.3 Å². The molecule has 0 amide bonds. The molecule has 146 valence electrons. The zero-order valence-electron chi connectivity index (χ0n) is 15.8. The Bertz CT molecular complexity index is 1340. The van der Waals surface area contributed by atoms with Gasteiger partial charge in [-0.25, -0.2) is 9.79 Å². The Balaban J connectivity index is 1.40. The second-order valence-corrected chi connectivity index (χ2v) is 7.37. The summed E-state index contributed by atoms with van der Waals surface area (Å²) in [6, 6.07) is 21.5. The van der Waals surface area contributed by atoms with Crippen LogP contribution in [0.2, 0.25) is 5.02 Å². The van der Waals surface area contributed by atoms with Crippen LogP contribution in [0.3, 0.4) is 0 Å². The van der Waals surface area contributed by atoms with E-state index in [9.17, 15) is 4.79 Å². The van der Waals surface area contributed by atoms with Gasteiger partial charge < -0.3 is 4.74 Å². The van der Waals surface area contributed by atoms with Crippen molar-refractivity contribution in [2.24, 2.45) is 4.99 Å². The molecular weight excluding hydrogens is 398 g/mol. The van der Waals surface area contributed by atoms with Crippen LogP contribution in [-0.4, -0.2) is 21.6 Å². The molecule has 0 fully saturated rings. The van der Waals surface area contributed by atoms with Gasteiger partial charge in [-0.05, 0) is 40.6 Å². The third-order valence-electron chi connectivity index (χ3n) is 4.86. The lowest BCUT2D eigenvalue weighted by Crippen LogP contribution is -2.05. The Kier molecular flexibility index (Phi) is 4.65. The average molecular weight is 414 g/mol. The number of carbonyl (C=O) groups excluding carboxylic acids is 1. The highest BCUT2D eigenvalue weighted by atomic mass is 35.5. The van der Waals surface area contributed by atoms with E-state index in [2.05, 4.69) is 10.1 Å². The summed E-state index contributed by atoms with van der Waals surface area (Å²) in [5.41, 5.74) is 2.74. The molecule has 1 aromatic heterocycles. The van der Waals surface area contributed by atoms with Crippen molar-refractivity contribution in [1.82, 2.24) is 9.78 Å². The third-order valence-corrected chi connectivity index (χ3v) is 5.23. The van der Waals surface area contributed by atoms with Crippen LogP contribution < -0.4 is 0 Å². The second kappa shape index (κ2) is 7.61. The molecule has 5 nitrogen and oxygen atoms in total. The summed E-state index contributed by atoms with van der Waals surface area (Å²) in [6.07, 6.45) is 5.19. The molecule has 30 heavy (non-hydrogen) atoms. The Hall–Kier alpha value is -3.70. The normalized spacial score (nSPS) is 14.9. The van der Waals surface area contributed by atoms with Gasteiger partial charge in [-0.3, -0.25) is 4.68 Å². The highest BCUT2D eigenvalue weighted by molar-refractivity contribution is 6.31. The van der Waals surface area contributed by atoms with Crippen LogP contribution >= 0.6 is 11.6 Å². The van der Waals surface area contributed by atoms with Gasteiger partial charge in [0.05, 0.1) is 12.7 Å². The molecule has 3 aromatic carbocycles. The highest BCUT2D eigenvalue weighted by Gasteiger charge is 2.24. The Morgan fingerprint density at radius 1 is 1.00 bits per heavy atom. The topological polar surface area (TPSA) is 56.5 Å². The van der Waals surface area contributed by atoms with Crippen molar-refractivity contribution in [1.29, 1.82) is 0 Å². The monoisotopic (exact) mass is 413 g/mol. The maximum absolute atomic E-state index is 12.3. The number of halogens is 1. The molecule has 0 atom stereocenters. The number of carbonyl (C=O) groups is 1. The van der Waals surface area contributed by atoms with Crippen LogP contribution in [0, 0.1) is 0 Å². The molecule has 6 heteroatoms. The van der Waals surface area contributed by atoms with Gasteiger partial charge in [0.2, 0.25) is 5.90 Å². The predicted molar refractivity (Wildman–Crippen MR) is 117 cm³/mol. The van der Waals surface area contributed by atoms with E-state index in [0.29, 0.717) is 17.5 Å². The van der Waals surface area contributed by atoms with Crippen LogP contribution in [0.1, 0.15) is 16.7 Å². The maximum Gasteiger partial charge on any atom is 0.363 e. The van der Waals surface area contributed by atoms with Crippen molar-refractivity contribution in [2.75, 3.05) is 0 Å². The minimum atomic E-state index is -0.475. The molecule has 0 radical (unpaired) electrons. The fourth-order valence-electron chi connectivity index (χ4n) is 3.35. The number of nitrogens with zero attached hydrogens (tertiary/aromatic N) is 3. The number of benzene rings is 3.